The number of allylic oxidation sites excluding steroid dienone is 2. The maximum Gasteiger partial charge on any atom is 0.0566 e. The van der Waals surface area contributed by atoms with Crippen molar-refractivity contribution >= 4 is 30.1 Å². The summed E-state index contributed by atoms with van der Waals surface area (Å²) >= 11 is 0. The van der Waals surface area contributed by atoms with Crippen molar-refractivity contribution in [3.63, 3.8) is 0 Å². The molecule has 0 amide bonds. The van der Waals surface area contributed by atoms with Crippen molar-refractivity contribution in [3.8, 4) is 0 Å². The molecule has 2 N–H and O–H groups in total. The van der Waals surface area contributed by atoms with Gasteiger partial charge in [0.15, 0.2) is 0 Å². The quantitative estimate of drug-likeness (QED) is 0.466. The van der Waals surface area contributed by atoms with E-state index >= 15 is 0 Å². The van der Waals surface area contributed by atoms with E-state index in [9.17, 15) is 0 Å². The van der Waals surface area contributed by atoms with Crippen LogP contribution in [0.4, 0.5) is 5.69 Å². The van der Waals surface area contributed by atoms with Crippen LogP contribution in [0.1, 0.15) is 16.7 Å². The van der Waals surface area contributed by atoms with Gasteiger partial charge in [0, 0.05) is 5.69 Å². The zero-order chi connectivity index (χ0) is 15.8. The van der Waals surface area contributed by atoms with E-state index in [1.807, 2.05) is 54.6 Å². The summed E-state index contributed by atoms with van der Waals surface area (Å²) in [6.45, 7) is 8.22. The molecule has 22 heavy (non-hydrogen) atoms. The Morgan fingerprint density at radius 2 is 1.86 bits per heavy atom. The molecular formula is C20H20N2. The van der Waals surface area contributed by atoms with Crippen LogP contribution in [0, 0.1) is 0 Å². The van der Waals surface area contributed by atoms with Gasteiger partial charge in [-0.05, 0) is 41.1 Å². The number of anilines is 1. The van der Waals surface area contributed by atoms with Gasteiger partial charge >= 0.3 is 0 Å². The van der Waals surface area contributed by atoms with Gasteiger partial charge in [-0.15, -0.1) is 0 Å². The highest BCUT2D eigenvalue weighted by molar-refractivity contribution is 5.83. The molecule has 2 rings (SSSR count). The molecule has 0 radical (unpaired) electrons. The molecule has 0 aromatic heterocycles. The molecule has 2 aromatic rings. The lowest BCUT2D eigenvalue weighted by molar-refractivity contribution is 1.28. The average Bonchev–Trinajstić information content (AvgIpc) is 2.54. The predicted molar refractivity (Wildman–Crippen MR) is 98.8 cm³/mol. The van der Waals surface area contributed by atoms with Crippen LogP contribution in [0.15, 0.2) is 72.3 Å². The molecule has 0 aliphatic carbocycles. The molecule has 2 nitrogen and oxygen atoms in total. The Morgan fingerprint density at radius 3 is 2.59 bits per heavy atom. The lowest BCUT2D eigenvalue weighted by Gasteiger charge is -2.07. The second-order valence-electron chi connectivity index (χ2n) is 4.92. The van der Waals surface area contributed by atoms with Crippen LogP contribution in [-0.2, 0) is 0 Å². The molecule has 0 unspecified atom stereocenters. The van der Waals surface area contributed by atoms with Crippen molar-refractivity contribution in [2.45, 2.75) is 0 Å². The minimum absolute atomic E-state index is 0.584. The smallest absolute Gasteiger partial charge is 0.0566 e. The molecule has 0 heterocycles. The monoisotopic (exact) mass is 288 g/mol. The van der Waals surface area contributed by atoms with E-state index in [1.165, 1.54) is 0 Å². The van der Waals surface area contributed by atoms with Gasteiger partial charge in [0.05, 0.1) is 6.54 Å². The highest BCUT2D eigenvalue weighted by Gasteiger charge is 2.02. The van der Waals surface area contributed by atoms with Crippen LogP contribution in [-0.4, -0.2) is 13.3 Å². The lowest BCUT2D eigenvalue weighted by Crippen LogP contribution is -1.91. The van der Waals surface area contributed by atoms with Crippen molar-refractivity contribution in [2.24, 2.45) is 4.99 Å². The first-order valence-electron chi connectivity index (χ1n) is 7.11. The molecule has 0 aliphatic heterocycles. The zero-order valence-electron chi connectivity index (χ0n) is 12.6. The van der Waals surface area contributed by atoms with Gasteiger partial charge in [0.2, 0.25) is 0 Å². The number of hydrogen-bond donors (Lipinski definition) is 1. The highest BCUT2D eigenvalue weighted by Crippen LogP contribution is 2.23. The Kier molecular flexibility index (Phi) is 5.50. The SMILES string of the molecule is C=NC/C=C/c1cc(N)ccc1C(=C)/C=C/c1ccccc1. The first-order chi connectivity index (χ1) is 10.7. The Morgan fingerprint density at radius 1 is 1.09 bits per heavy atom. The molecule has 0 aliphatic rings. The molecule has 0 bridgehead atoms. The standard InChI is InChI=1S/C20H20N2/c1-16(10-11-17-7-4-3-5-8-17)20-13-12-19(21)15-18(20)9-6-14-22-2/h3-13,15H,1-2,14,21H2/b9-6+,11-10+. The summed E-state index contributed by atoms with van der Waals surface area (Å²) in [5.41, 5.74) is 10.8. The summed E-state index contributed by atoms with van der Waals surface area (Å²) in [6, 6.07) is 16.0. The van der Waals surface area contributed by atoms with Crippen LogP contribution < -0.4 is 5.73 Å². The van der Waals surface area contributed by atoms with E-state index in [0.29, 0.717) is 6.54 Å². The highest BCUT2D eigenvalue weighted by atomic mass is 14.6. The van der Waals surface area contributed by atoms with Gasteiger partial charge in [-0.1, -0.05) is 67.3 Å². The lowest BCUT2D eigenvalue weighted by atomic mass is 9.98. The third-order valence-electron chi connectivity index (χ3n) is 3.23. The van der Waals surface area contributed by atoms with E-state index in [0.717, 1.165) is 28.0 Å². The second kappa shape index (κ2) is 7.79. The molecule has 0 saturated carbocycles. The van der Waals surface area contributed by atoms with Crippen molar-refractivity contribution in [2.75, 3.05) is 12.3 Å². The van der Waals surface area contributed by atoms with Gasteiger partial charge in [-0.3, -0.25) is 4.99 Å². The maximum atomic E-state index is 5.88. The number of nitrogen functional groups attached to an aromatic ring is 1. The number of rotatable bonds is 6. The molecular weight excluding hydrogens is 268 g/mol. The molecule has 0 atom stereocenters. The molecule has 110 valence electrons. The van der Waals surface area contributed by atoms with E-state index in [1.54, 1.807) is 0 Å². The fourth-order valence-electron chi connectivity index (χ4n) is 2.12. The second-order valence-corrected chi connectivity index (χ2v) is 4.92. The zero-order valence-corrected chi connectivity index (χ0v) is 12.6. The number of nitrogens with zero attached hydrogens (tertiary/aromatic N) is 1. The normalized spacial score (nSPS) is 11.1. The number of hydrogen-bond acceptors (Lipinski definition) is 2. The van der Waals surface area contributed by atoms with Crippen LogP contribution >= 0.6 is 0 Å². The summed E-state index contributed by atoms with van der Waals surface area (Å²) in [6.07, 6.45) is 8.03. The largest absolute Gasteiger partial charge is 0.399 e. The minimum Gasteiger partial charge on any atom is -0.399 e. The average molecular weight is 288 g/mol. The first kappa shape index (κ1) is 15.5. The van der Waals surface area contributed by atoms with Crippen molar-refractivity contribution in [1.29, 1.82) is 0 Å². The minimum atomic E-state index is 0.584. The first-order valence-corrected chi connectivity index (χ1v) is 7.11. The van der Waals surface area contributed by atoms with Gasteiger partial charge in [0.25, 0.3) is 0 Å². The summed E-state index contributed by atoms with van der Waals surface area (Å²) in [4.78, 5) is 3.82. The maximum absolute atomic E-state index is 5.88. The topological polar surface area (TPSA) is 38.4 Å². The van der Waals surface area contributed by atoms with Crippen molar-refractivity contribution < 1.29 is 0 Å². The molecule has 2 aromatic carbocycles. The van der Waals surface area contributed by atoms with E-state index in [4.69, 9.17) is 5.73 Å². The molecule has 0 saturated heterocycles. The van der Waals surface area contributed by atoms with E-state index in [-0.39, 0.29) is 0 Å². The number of aliphatic imine (C=N–C) groups is 1. The molecule has 2 heteroatoms. The Labute approximate surface area is 132 Å². The van der Waals surface area contributed by atoms with Crippen LogP contribution in [0.5, 0.6) is 0 Å². The number of nitrogens with two attached hydrogens (primary N) is 1. The summed E-state index contributed by atoms with van der Waals surface area (Å²) in [7, 11) is 0. The Balaban J connectivity index is 2.25. The third-order valence-corrected chi connectivity index (χ3v) is 3.23. The van der Waals surface area contributed by atoms with Crippen LogP contribution in [0.2, 0.25) is 0 Å². The Bertz CT molecular complexity index is 710. The van der Waals surface area contributed by atoms with E-state index in [2.05, 4.69) is 36.5 Å². The van der Waals surface area contributed by atoms with Crippen LogP contribution in [0.3, 0.4) is 0 Å². The predicted octanol–water partition coefficient (Wildman–Crippen LogP) is 4.71. The van der Waals surface area contributed by atoms with Crippen molar-refractivity contribution in [3.05, 3.63) is 84.0 Å². The summed E-state index contributed by atoms with van der Waals surface area (Å²) in [5.74, 6) is 0. The fourth-order valence-corrected chi connectivity index (χ4v) is 2.12. The fraction of sp³-hybridized carbons (Fsp3) is 0.0500. The molecule has 0 fully saturated rings. The number of benzene rings is 2. The van der Waals surface area contributed by atoms with Crippen LogP contribution in [0.25, 0.3) is 17.7 Å². The third kappa shape index (κ3) is 4.32. The van der Waals surface area contributed by atoms with Gasteiger partial charge in [-0.25, -0.2) is 0 Å². The van der Waals surface area contributed by atoms with Gasteiger partial charge in [0.1, 0.15) is 0 Å². The van der Waals surface area contributed by atoms with E-state index < -0.39 is 0 Å². The summed E-state index contributed by atoms with van der Waals surface area (Å²) in [5, 5.41) is 0. The van der Waals surface area contributed by atoms with Crippen molar-refractivity contribution in [1.82, 2.24) is 0 Å². The summed E-state index contributed by atoms with van der Waals surface area (Å²) < 4.78 is 0. The van der Waals surface area contributed by atoms with Gasteiger partial charge < -0.3 is 5.73 Å². The van der Waals surface area contributed by atoms with Gasteiger partial charge in [-0.2, -0.15) is 0 Å². The Hall–Kier alpha value is -2.87. The molecule has 0 spiro atoms.